The molecule has 22 heavy (non-hydrogen) atoms. The number of amides is 1. The fraction of sp³-hybridized carbons (Fsp3) is 0.200. The number of rotatable bonds is 5. The summed E-state index contributed by atoms with van der Waals surface area (Å²) < 4.78 is 37.0. The minimum absolute atomic E-state index is 0.176. The van der Waals surface area contributed by atoms with Gasteiger partial charge in [0.15, 0.2) is 6.61 Å². The first kappa shape index (κ1) is 16.0. The Hall–Kier alpha value is -2.41. The van der Waals surface area contributed by atoms with Crippen LogP contribution in [-0.2, 0) is 11.4 Å². The number of carbonyl (C=O) groups is 1. The number of hydroxylamine groups is 2. The van der Waals surface area contributed by atoms with E-state index in [9.17, 15) is 18.0 Å². The van der Waals surface area contributed by atoms with Gasteiger partial charge >= 0.3 is 6.18 Å². The van der Waals surface area contributed by atoms with Gasteiger partial charge in [0.05, 0.1) is 12.2 Å². The van der Waals surface area contributed by atoms with Crippen LogP contribution in [0.2, 0.25) is 0 Å². The molecule has 0 bridgehead atoms. The third-order valence-electron chi connectivity index (χ3n) is 2.66. The van der Waals surface area contributed by atoms with E-state index >= 15 is 0 Å². The highest BCUT2D eigenvalue weighted by molar-refractivity contribution is 5.93. The molecule has 2 rings (SSSR count). The molecule has 4 nitrogen and oxygen atoms in total. The second kappa shape index (κ2) is 7.04. The van der Waals surface area contributed by atoms with Crippen LogP contribution in [0.1, 0.15) is 16.1 Å². The Morgan fingerprint density at radius 1 is 1.09 bits per heavy atom. The van der Waals surface area contributed by atoms with Crippen LogP contribution in [0.15, 0.2) is 54.7 Å². The highest BCUT2D eigenvalue weighted by Crippen LogP contribution is 2.17. The van der Waals surface area contributed by atoms with E-state index in [-0.39, 0.29) is 12.1 Å². The van der Waals surface area contributed by atoms with Gasteiger partial charge in [-0.1, -0.05) is 24.3 Å². The van der Waals surface area contributed by atoms with Crippen molar-refractivity contribution in [3.05, 3.63) is 66.0 Å². The normalized spacial score (nSPS) is 11.2. The highest BCUT2D eigenvalue weighted by Gasteiger charge is 2.31. The molecule has 0 saturated carbocycles. The summed E-state index contributed by atoms with van der Waals surface area (Å²) in [7, 11) is 0. The molecule has 0 spiro atoms. The number of benzene rings is 1. The molecule has 1 aromatic carbocycles. The molecule has 0 aliphatic heterocycles. The maximum atomic E-state index is 12.3. The van der Waals surface area contributed by atoms with Gasteiger partial charge in [0, 0.05) is 11.8 Å². The number of halogens is 3. The molecule has 0 unspecified atom stereocenters. The van der Waals surface area contributed by atoms with Crippen molar-refractivity contribution in [1.82, 2.24) is 10.0 Å². The summed E-state index contributed by atoms with van der Waals surface area (Å²) in [5.41, 5.74) is 0.662. The van der Waals surface area contributed by atoms with Crippen molar-refractivity contribution in [3.63, 3.8) is 0 Å². The molecule has 0 radical (unpaired) electrons. The lowest BCUT2D eigenvalue weighted by Gasteiger charge is -2.22. The molecule has 2 aromatic rings. The fourth-order valence-electron chi connectivity index (χ4n) is 1.69. The molecule has 0 N–H and O–H groups in total. The van der Waals surface area contributed by atoms with Crippen molar-refractivity contribution in [1.29, 1.82) is 0 Å². The van der Waals surface area contributed by atoms with Crippen LogP contribution < -0.4 is 0 Å². The Morgan fingerprint density at radius 3 is 2.36 bits per heavy atom. The summed E-state index contributed by atoms with van der Waals surface area (Å²) in [4.78, 5) is 20.9. The van der Waals surface area contributed by atoms with Crippen LogP contribution in [-0.4, -0.2) is 28.7 Å². The molecule has 1 amide bonds. The standard InChI is InChI=1S/C15H13F3N2O2/c16-15(17,18)11-22-20(10-13-8-4-5-9-19-13)14(21)12-6-2-1-3-7-12/h1-9H,10-11H2. The van der Waals surface area contributed by atoms with E-state index in [0.717, 1.165) is 0 Å². The van der Waals surface area contributed by atoms with Crippen molar-refractivity contribution >= 4 is 5.91 Å². The summed E-state index contributed by atoms with van der Waals surface area (Å²) in [6.45, 7) is -1.72. The van der Waals surface area contributed by atoms with Gasteiger partial charge in [0.25, 0.3) is 5.91 Å². The maximum absolute atomic E-state index is 12.3. The molecule has 0 saturated heterocycles. The zero-order chi connectivity index (χ0) is 16.0. The zero-order valence-electron chi connectivity index (χ0n) is 11.5. The SMILES string of the molecule is O=C(c1ccccc1)N(Cc1ccccn1)OCC(F)(F)F. The van der Waals surface area contributed by atoms with Gasteiger partial charge in [-0.3, -0.25) is 14.6 Å². The predicted octanol–water partition coefficient (Wildman–Crippen LogP) is 3.22. The van der Waals surface area contributed by atoms with Crippen molar-refractivity contribution < 1.29 is 22.8 Å². The lowest BCUT2D eigenvalue weighted by atomic mass is 10.2. The largest absolute Gasteiger partial charge is 0.414 e. The molecule has 1 aromatic heterocycles. The van der Waals surface area contributed by atoms with Gasteiger partial charge in [-0.15, -0.1) is 0 Å². The Bertz CT molecular complexity index is 603. The average Bonchev–Trinajstić information content (AvgIpc) is 2.52. The first-order valence-electron chi connectivity index (χ1n) is 6.42. The predicted molar refractivity (Wildman–Crippen MR) is 72.6 cm³/mol. The van der Waals surface area contributed by atoms with E-state index in [2.05, 4.69) is 9.82 Å². The van der Waals surface area contributed by atoms with E-state index in [1.165, 1.54) is 18.3 Å². The lowest BCUT2D eigenvalue weighted by molar-refractivity contribution is -0.236. The Morgan fingerprint density at radius 2 is 1.77 bits per heavy atom. The minimum Gasteiger partial charge on any atom is -0.267 e. The van der Waals surface area contributed by atoms with Gasteiger partial charge in [-0.2, -0.15) is 13.2 Å². The Balaban J connectivity index is 2.15. The van der Waals surface area contributed by atoms with Crippen LogP contribution in [0, 0.1) is 0 Å². The Labute approximate surface area is 125 Å². The third kappa shape index (κ3) is 4.85. The lowest BCUT2D eigenvalue weighted by Crippen LogP contribution is -2.34. The molecule has 1 heterocycles. The molecule has 0 fully saturated rings. The van der Waals surface area contributed by atoms with Crippen LogP contribution in [0.25, 0.3) is 0 Å². The maximum Gasteiger partial charge on any atom is 0.414 e. The summed E-state index contributed by atoms with van der Waals surface area (Å²) in [6, 6.07) is 12.9. The molecule has 0 aliphatic carbocycles. The van der Waals surface area contributed by atoms with Crippen LogP contribution in [0.3, 0.4) is 0 Å². The monoisotopic (exact) mass is 310 g/mol. The molecule has 7 heteroatoms. The number of aromatic nitrogens is 1. The second-order valence-corrected chi connectivity index (χ2v) is 4.42. The zero-order valence-corrected chi connectivity index (χ0v) is 11.5. The van der Waals surface area contributed by atoms with Crippen molar-refractivity contribution in [2.45, 2.75) is 12.7 Å². The van der Waals surface area contributed by atoms with E-state index in [0.29, 0.717) is 10.8 Å². The van der Waals surface area contributed by atoms with Crippen LogP contribution >= 0.6 is 0 Å². The first-order chi connectivity index (χ1) is 10.5. The molecule has 0 atom stereocenters. The highest BCUT2D eigenvalue weighted by atomic mass is 19.4. The summed E-state index contributed by atoms with van der Waals surface area (Å²) in [5.74, 6) is -0.657. The average molecular weight is 310 g/mol. The molecule has 0 aliphatic rings. The molecule has 116 valence electrons. The third-order valence-corrected chi connectivity index (χ3v) is 2.66. The second-order valence-electron chi connectivity index (χ2n) is 4.42. The van der Waals surface area contributed by atoms with Gasteiger partial charge in [-0.05, 0) is 24.3 Å². The number of nitrogens with zero attached hydrogens (tertiary/aromatic N) is 2. The molecular formula is C15H13F3N2O2. The van der Waals surface area contributed by atoms with E-state index < -0.39 is 18.7 Å². The number of carbonyl (C=O) groups excluding carboxylic acids is 1. The van der Waals surface area contributed by atoms with E-state index in [1.807, 2.05) is 0 Å². The van der Waals surface area contributed by atoms with E-state index in [1.54, 1.807) is 36.4 Å². The van der Waals surface area contributed by atoms with E-state index in [4.69, 9.17) is 0 Å². The topological polar surface area (TPSA) is 42.4 Å². The van der Waals surface area contributed by atoms with Crippen molar-refractivity contribution in [3.8, 4) is 0 Å². The van der Waals surface area contributed by atoms with Gasteiger partial charge in [0.2, 0.25) is 0 Å². The summed E-state index contributed by atoms with van der Waals surface area (Å²) in [5, 5.41) is 0.672. The number of hydrogen-bond donors (Lipinski definition) is 0. The Kier molecular flexibility index (Phi) is 5.11. The van der Waals surface area contributed by atoms with Gasteiger partial charge in [0.1, 0.15) is 0 Å². The van der Waals surface area contributed by atoms with Crippen LogP contribution in [0.4, 0.5) is 13.2 Å². The minimum atomic E-state index is -4.53. The van der Waals surface area contributed by atoms with Crippen molar-refractivity contribution in [2.75, 3.05) is 6.61 Å². The molecular weight excluding hydrogens is 297 g/mol. The van der Waals surface area contributed by atoms with Gasteiger partial charge in [-0.25, -0.2) is 5.06 Å². The van der Waals surface area contributed by atoms with Gasteiger partial charge < -0.3 is 0 Å². The fourth-order valence-corrected chi connectivity index (χ4v) is 1.69. The van der Waals surface area contributed by atoms with Crippen molar-refractivity contribution in [2.24, 2.45) is 0 Å². The first-order valence-corrected chi connectivity index (χ1v) is 6.42. The quantitative estimate of drug-likeness (QED) is 0.796. The number of alkyl halides is 3. The smallest absolute Gasteiger partial charge is 0.267 e. The number of pyridine rings is 1. The summed E-state index contributed by atoms with van der Waals surface area (Å²) in [6.07, 6.45) is -3.04. The summed E-state index contributed by atoms with van der Waals surface area (Å²) >= 11 is 0. The van der Waals surface area contributed by atoms with Crippen LogP contribution in [0.5, 0.6) is 0 Å². The number of hydrogen-bond acceptors (Lipinski definition) is 3.